The minimum Gasteiger partial charge on any atom is -0.490 e. The number of anilines is 1. The number of piperazine rings is 1. The lowest BCUT2D eigenvalue weighted by Gasteiger charge is -2.35. The lowest BCUT2D eigenvalue weighted by atomic mass is 9.96. The van der Waals surface area contributed by atoms with Gasteiger partial charge in [-0.05, 0) is 25.3 Å². The summed E-state index contributed by atoms with van der Waals surface area (Å²) in [7, 11) is 0. The van der Waals surface area contributed by atoms with E-state index in [1.54, 1.807) is 11.3 Å². The van der Waals surface area contributed by atoms with Crippen molar-refractivity contribution in [2.24, 2.45) is 10.7 Å². The highest BCUT2D eigenvalue weighted by atomic mass is 127. The molecule has 1 aliphatic heterocycles. The van der Waals surface area contributed by atoms with E-state index in [1.165, 1.54) is 6.42 Å². The van der Waals surface area contributed by atoms with Crippen LogP contribution in [0.25, 0.3) is 0 Å². The van der Waals surface area contributed by atoms with Gasteiger partial charge in [0.1, 0.15) is 5.75 Å². The molecular weight excluding hydrogens is 473 g/mol. The van der Waals surface area contributed by atoms with E-state index in [0.717, 1.165) is 55.5 Å². The third kappa shape index (κ3) is 5.04. The largest absolute Gasteiger partial charge is 0.490 e. The molecule has 1 saturated carbocycles. The number of hydrogen-bond acceptors (Lipinski definition) is 5. The van der Waals surface area contributed by atoms with Gasteiger partial charge >= 0.3 is 0 Å². The van der Waals surface area contributed by atoms with Gasteiger partial charge in [-0.1, -0.05) is 18.2 Å². The molecule has 2 aliphatic rings. The minimum absolute atomic E-state index is 0. The highest BCUT2D eigenvalue weighted by molar-refractivity contribution is 14.0. The standard InChI is InChI=1S/C19H25N5OS.HI/c20-18(23-9-11-24(12-10-23)19-21-8-13-26-19)22-14-15-4-1-2-7-17(15)25-16-5-3-6-16;/h1-2,4,7-8,13,16H,3,5-6,9-12,14H2,(H2,20,22);1H. The molecule has 2 heterocycles. The number of aliphatic imine (C=N–C) groups is 1. The second-order valence-corrected chi connectivity index (χ2v) is 7.61. The number of thiazole rings is 1. The normalized spacial score (nSPS) is 18.0. The Balaban J connectivity index is 0.00000210. The first-order valence-electron chi connectivity index (χ1n) is 9.23. The van der Waals surface area contributed by atoms with Gasteiger partial charge in [0.25, 0.3) is 0 Å². The second kappa shape index (κ2) is 9.59. The summed E-state index contributed by atoms with van der Waals surface area (Å²) in [5, 5.41) is 3.10. The Morgan fingerprint density at radius 2 is 2.00 bits per heavy atom. The maximum Gasteiger partial charge on any atom is 0.191 e. The van der Waals surface area contributed by atoms with Crippen LogP contribution in [-0.4, -0.2) is 48.1 Å². The van der Waals surface area contributed by atoms with Gasteiger partial charge in [-0.3, -0.25) is 0 Å². The number of ether oxygens (including phenoxy) is 1. The van der Waals surface area contributed by atoms with Gasteiger partial charge in [-0.15, -0.1) is 35.3 Å². The highest BCUT2D eigenvalue weighted by Gasteiger charge is 2.21. The Labute approximate surface area is 181 Å². The van der Waals surface area contributed by atoms with Crippen LogP contribution < -0.4 is 15.4 Å². The van der Waals surface area contributed by atoms with Crippen LogP contribution in [0.4, 0.5) is 5.13 Å². The van der Waals surface area contributed by atoms with Gasteiger partial charge in [0.15, 0.2) is 11.1 Å². The molecule has 0 radical (unpaired) electrons. The van der Waals surface area contributed by atoms with Crippen molar-refractivity contribution in [2.45, 2.75) is 31.9 Å². The number of hydrogen-bond donors (Lipinski definition) is 1. The van der Waals surface area contributed by atoms with Crippen molar-refractivity contribution in [1.82, 2.24) is 9.88 Å². The Morgan fingerprint density at radius 3 is 2.67 bits per heavy atom. The molecule has 2 N–H and O–H groups in total. The number of benzene rings is 1. The van der Waals surface area contributed by atoms with E-state index in [0.29, 0.717) is 18.6 Å². The lowest BCUT2D eigenvalue weighted by molar-refractivity contribution is 0.119. The van der Waals surface area contributed by atoms with Crippen molar-refractivity contribution in [3.8, 4) is 5.75 Å². The zero-order valence-corrected chi connectivity index (χ0v) is 18.4. The van der Waals surface area contributed by atoms with Crippen molar-refractivity contribution in [3.63, 3.8) is 0 Å². The van der Waals surface area contributed by atoms with Crippen molar-refractivity contribution >= 4 is 46.4 Å². The average Bonchev–Trinajstić information content (AvgIpc) is 3.18. The van der Waals surface area contributed by atoms with Crippen LogP contribution in [-0.2, 0) is 6.54 Å². The predicted octanol–water partition coefficient (Wildman–Crippen LogP) is 3.33. The van der Waals surface area contributed by atoms with Crippen LogP contribution in [0.15, 0.2) is 40.8 Å². The topological polar surface area (TPSA) is 67.0 Å². The number of nitrogens with two attached hydrogens (primary N) is 1. The van der Waals surface area contributed by atoms with Crippen molar-refractivity contribution in [1.29, 1.82) is 0 Å². The Morgan fingerprint density at radius 1 is 1.22 bits per heavy atom. The van der Waals surface area contributed by atoms with Crippen LogP contribution in [0.3, 0.4) is 0 Å². The first kappa shape index (κ1) is 20.2. The predicted molar refractivity (Wildman–Crippen MR) is 121 cm³/mol. The summed E-state index contributed by atoms with van der Waals surface area (Å²) < 4.78 is 6.08. The van der Waals surface area contributed by atoms with E-state index in [9.17, 15) is 0 Å². The maximum atomic E-state index is 6.25. The first-order valence-corrected chi connectivity index (χ1v) is 10.1. The fourth-order valence-electron chi connectivity index (χ4n) is 3.18. The molecule has 0 spiro atoms. The number of rotatable bonds is 5. The summed E-state index contributed by atoms with van der Waals surface area (Å²) in [5.74, 6) is 1.56. The number of guanidine groups is 1. The molecule has 4 rings (SSSR count). The SMILES string of the molecule is I.NC(=NCc1ccccc1OC1CCC1)N1CCN(c2nccs2)CC1. The fourth-order valence-corrected chi connectivity index (χ4v) is 3.88. The highest BCUT2D eigenvalue weighted by Crippen LogP contribution is 2.28. The van der Waals surface area contributed by atoms with Crippen molar-refractivity contribution in [3.05, 3.63) is 41.4 Å². The van der Waals surface area contributed by atoms with Crippen LogP contribution in [0.1, 0.15) is 24.8 Å². The van der Waals surface area contributed by atoms with E-state index in [-0.39, 0.29) is 24.0 Å². The van der Waals surface area contributed by atoms with Crippen LogP contribution in [0.5, 0.6) is 5.75 Å². The monoisotopic (exact) mass is 499 g/mol. The molecule has 8 heteroatoms. The summed E-state index contributed by atoms with van der Waals surface area (Å²) in [5.41, 5.74) is 7.35. The average molecular weight is 499 g/mol. The first-order chi connectivity index (χ1) is 12.8. The molecule has 1 saturated heterocycles. The summed E-state index contributed by atoms with van der Waals surface area (Å²) >= 11 is 1.68. The zero-order chi connectivity index (χ0) is 17.8. The molecule has 6 nitrogen and oxygen atoms in total. The fraction of sp³-hybridized carbons (Fsp3) is 0.474. The molecule has 2 fully saturated rings. The molecule has 0 unspecified atom stereocenters. The molecule has 27 heavy (non-hydrogen) atoms. The molecule has 1 aliphatic carbocycles. The third-order valence-electron chi connectivity index (χ3n) is 5.02. The summed E-state index contributed by atoms with van der Waals surface area (Å²) in [6.07, 6.45) is 5.80. The second-order valence-electron chi connectivity index (χ2n) is 6.74. The van der Waals surface area contributed by atoms with Gasteiger partial charge < -0.3 is 20.3 Å². The lowest BCUT2D eigenvalue weighted by Crippen LogP contribution is -2.51. The van der Waals surface area contributed by atoms with E-state index >= 15 is 0 Å². The van der Waals surface area contributed by atoms with E-state index in [1.807, 2.05) is 29.8 Å². The molecule has 146 valence electrons. The van der Waals surface area contributed by atoms with Crippen molar-refractivity contribution < 1.29 is 4.74 Å². The van der Waals surface area contributed by atoms with E-state index in [2.05, 4.69) is 25.8 Å². The third-order valence-corrected chi connectivity index (χ3v) is 5.86. The molecule has 0 bridgehead atoms. The van der Waals surface area contributed by atoms with Gasteiger partial charge in [-0.2, -0.15) is 0 Å². The molecular formula is C19H26IN5OS. The number of nitrogens with zero attached hydrogens (tertiary/aromatic N) is 4. The van der Waals surface area contributed by atoms with Gasteiger partial charge in [0, 0.05) is 43.3 Å². The summed E-state index contributed by atoms with van der Waals surface area (Å²) in [6.45, 7) is 4.14. The van der Waals surface area contributed by atoms with Gasteiger partial charge in [0.2, 0.25) is 0 Å². The molecule has 2 aromatic rings. The van der Waals surface area contributed by atoms with Crippen LogP contribution in [0, 0.1) is 0 Å². The minimum atomic E-state index is 0. The van der Waals surface area contributed by atoms with Crippen molar-refractivity contribution in [2.75, 3.05) is 31.1 Å². The Bertz CT molecular complexity index is 742. The summed E-state index contributed by atoms with van der Waals surface area (Å²) in [4.78, 5) is 13.5. The van der Waals surface area contributed by atoms with E-state index < -0.39 is 0 Å². The van der Waals surface area contributed by atoms with Crippen LogP contribution in [0.2, 0.25) is 0 Å². The van der Waals surface area contributed by atoms with Crippen LogP contribution >= 0.6 is 35.3 Å². The van der Waals surface area contributed by atoms with E-state index in [4.69, 9.17) is 10.5 Å². The number of aromatic nitrogens is 1. The summed E-state index contributed by atoms with van der Waals surface area (Å²) in [6, 6.07) is 8.15. The van der Waals surface area contributed by atoms with Gasteiger partial charge in [-0.25, -0.2) is 9.98 Å². The van der Waals surface area contributed by atoms with Gasteiger partial charge in [0.05, 0.1) is 12.6 Å². The zero-order valence-electron chi connectivity index (χ0n) is 15.3. The Hall–Kier alpha value is -1.55. The quantitative estimate of drug-likeness (QED) is 0.389. The molecule has 0 atom stereocenters. The number of para-hydroxylation sites is 1. The smallest absolute Gasteiger partial charge is 0.191 e. The maximum absolute atomic E-state index is 6.25. The molecule has 1 aromatic heterocycles. The Kier molecular flexibility index (Phi) is 7.17. The molecule has 0 amide bonds. The number of halogens is 1. The molecule has 1 aromatic carbocycles.